The van der Waals surface area contributed by atoms with Gasteiger partial charge in [-0.15, -0.1) is 0 Å². The molecule has 0 aromatic heterocycles. The number of aliphatic hydroxyl groups is 2. The number of aliphatic hydroxyl groups excluding tert-OH is 2. The fourth-order valence-electron chi connectivity index (χ4n) is 0.387. The predicted octanol–water partition coefficient (Wildman–Crippen LogP) is -0.0805. The molecule has 0 heterocycles. The molecule has 17 heavy (non-hydrogen) atoms. The minimum Gasteiger partial charge on any atom is -0.394 e. The highest BCUT2D eigenvalue weighted by Crippen LogP contribution is 1.75. The van der Waals surface area contributed by atoms with Crippen LogP contribution in [-0.2, 0) is 18.9 Å². The summed E-state index contributed by atoms with van der Waals surface area (Å²) in [5.74, 6) is 0. The molecule has 0 radical (unpaired) electrons. The van der Waals surface area contributed by atoms with E-state index in [-0.39, 0.29) is 13.2 Å². The molecule has 0 saturated carbocycles. The Kier molecular flexibility index (Phi) is 38.4. The Labute approximate surface area is 104 Å². The van der Waals surface area contributed by atoms with Crippen molar-refractivity contribution in [2.75, 3.05) is 67.6 Å². The summed E-state index contributed by atoms with van der Waals surface area (Å²) >= 11 is 0. The Morgan fingerprint density at radius 2 is 1.06 bits per heavy atom. The molecule has 0 atom stereocenters. The van der Waals surface area contributed by atoms with Crippen LogP contribution in [0.4, 0.5) is 0 Å². The summed E-state index contributed by atoms with van der Waals surface area (Å²) in [6.45, 7) is 5.15. The second kappa shape index (κ2) is 29.7. The van der Waals surface area contributed by atoms with E-state index in [9.17, 15) is 0 Å². The van der Waals surface area contributed by atoms with Crippen LogP contribution in [-0.4, -0.2) is 77.8 Å². The highest BCUT2D eigenvalue weighted by atomic mass is 16.5. The fraction of sp³-hybridized carbons (Fsp3) is 1.00. The van der Waals surface area contributed by atoms with Gasteiger partial charge >= 0.3 is 0 Å². The molecule has 0 saturated heterocycles. The summed E-state index contributed by atoms with van der Waals surface area (Å²) in [5, 5.41) is 15.2. The lowest BCUT2D eigenvalue weighted by Gasteiger charge is -2.00. The monoisotopic (exact) mass is 256 g/mol. The summed E-state index contributed by atoms with van der Waals surface area (Å²) in [7, 11) is 4.99. The Morgan fingerprint density at radius 1 is 0.706 bits per heavy atom. The molecule has 0 rings (SSSR count). The van der Waals surface area contributed by atoms with Gasteiger partial charge in [-0.25, -0.2) is 0 Å². The average Bonchev–Trinajstić information content (AvgIpc) is 2.39. The van der Waals surface area contributed by atoms with Crippen LogP contribution >= 0.6 is 0 Å². The molecular weight excluding hydrogens is 228 g/mol. The molecule has 0 aliphatic carbocycles. The number of rotatable bonds is 8. The molecule has 0 aliphatic heterocycles. The minimum atomic E-state index is -0.125. The van der Waals surface area contributed by atoms with Gasteiger partial charge in [0.25, 0.3) is 0 Å². The molecule has 0 aliphatic rings. The summed E-state index contributed by atoms with van der Waals surface area (Å²) in [5.41, 5.74) is 0. The zero-order valence-corrected chi connectivity index (χ0v) is 11.5. The van der Waals surface area contributed by atoms with Gasteiger partial charge in [-0.05, 0) is 6.92 Å². The first-order valence-corrected chi connectivity index (χ1v) is 5.51. The lowest BCUT2D eigenvalue weighted by Crippen LogP contribution is -2.06. The first-order chi connectivity index (χ1) is 8.24. The highest BCUT2D eigenvalue weighted by molar-refractivity contribution is 4.28. The third-order valence-electron chi connectivity index (χ3n) is 1.25. The minimum absolute atomic E-state index is 0.125. The largest absolute Gasteiger partial charge is 0.394 e. The van der Waals surface area contributed by atoms with Crippen molar-refractivity contribution >= 4 is 0 Å². The van der Waals surface area contributed by atoms with Crippen LogP contribution in [0.5, 0.6) is 0 Å². The van der Waals surface area contributed by atoms with Crippen LogP contribution in [0.25, 0.3) is 0 Å². The molecule has 2 N–H and O–H groups in total. The van der Waals surface area contributed by atoms with E-state index in [4.69, 9.17) is 24.4 Å². The Balaban J connectivity index is -0.000000205. The van der Waals surface area contributed by atoms with Crippen molar-refractivity contribution in [3.8, 4) is 0 Å². The van der Waals surface area contributed by atoms with Crippen molar-refractivity contribution in [2.45, 2.75) is 6.92 Å². The topological polar surface area (TPSA) is 77.4 Å². The van der Waals surface area contributed by atoms with E-state index in [1.807, 2.05) is 6.92 Å². The molecule has 108 valence electrons. The number of hydrogen-bond acceptors (Lipinski definition) is 6. The van der Waals surface area contributed by atoms with Crippen molar-refractivity contribution in [1.29, 1.82) is 0 Å². The van der Waals surface area contributed by atoms with Gasteiger partial charge in [0.15, 0.2) is 0 Å². The van der Waals surface area contributed by atoms with Gasteiger partial charge in [0.05, 0.1) is 39.6 Å². The van der Waals surface area contributed by atoms with Crippen molar-refractivity contribution < 1.29 is 29.2 Å². The molecule has 0 amide bonds. The van der Waals surface area contributed by atoms with Crippen LogP contribution in [0, 0.1) is 0 Å². The predicted molar refractivity (Wildman–Crippen MR) is 66.3 cm³/mol. The molecular formula is C11H28O6. The van der Waals surface area contributed by atoms with Gasteiger partial charge < -0.3 is 29.2 Å². The number of hydrogen-bond donors (Lipinski definition) is 2. The van der Waals surface area contributed by atoms with Crippen LogP contribution in [0.3, 0.4) is 0 Å². The summed E-state index contributed by atoms with van der Waals surface area (Å²) < 4.78 is 19.1. The van der Waals surface area contributed by atoms with Crippen LogP contribution in [0.2, 0.25) is 0 Å². The Bertz CT molecular complexity index is 78.0. The molecule has 0 bridgehead atoms. The zero-order chi connectivity index (χ0) is 13.8. The standard InChI is InChI=1S/C6H14O3.C3H8O.C2H6O2/c1-7-3-5-9-6-4-8-2;1-3-4-2;3-1-2-4/h3-6H2,1-2H3;3H2,1-2H3;3-4H,1-2H2. The van der Waals surface area contributed by atoms with Gasteiger partial charge in [-0.1, -0.05) is 0 Å². The Hall–Kier alpha value is -0.240. The highest BCUT2D eigenvalue weighted by Gasteiger charge is 1.84. The second-order valence-corrected chi connectivity index (χ2v) is 2.62. The first-order valence-electron chi connectivity index (χ1n) is 5.51. The fourth-order valence-corrected chi connectivity index (χ4v) is 0.387. The van der Waals surface area contributed by atoms with Gasteiger partial charge in [-0.2, -0.15) is 0 Å². The maximum Gasteiger partial charge on any atom is 0.0701 e. The molecule has 6 nitrogen and oxygen atoms in total. The van der Waals surface area contributed by atoms with E-state index in [0.29, 0.717) is 26.4 Å². The van der Waals surface area contributed by atoms with Gasteiger partial charge in [0.2, 0.25) is 0 Å². The maximum absolute atomic E-state index is 7.62. The molecule has 0 spiro atoms. The van der Waals surface area contributed by atoms with Crippen LogP contribution < -0.4 is 0 Å². The van der Waals surface area contributed by atoms with Crippen LogP contribution in [0.1, 0.15) is 6.92 Å². The first kappa shape index (κ1) is 22.0. The van der Waals surface area contributed by atoms with E-state index in [1.165, 1.54) is 0 Å². The lowest BCUT2D eigenvalue weighted by atomic mass is 10.7. The molecule has 0 aromatic rings. The third-order valence-corrected chi connectivity index (χ3v) is 1.25. The molecule has 6 heteroatoms. The number of ether oxygens (including phenoxy) is 4. The quantitative estimate of drug-likeness (QED) is 0.592. The van der Waals surface area contributed by atoms with Crippen molar-refractivity contribution in [3.63, 3.8) is 0 Å². The Morgan fingerprint density at radius 3 is 1.24 bits per heavy atom. The number of methoxy groups -OCH3 is 3. The summed E-state index contributed by atoms with van der Waals surface area (Å²) in [4.78, 5) is 0. The summed E-state index contributed by atoms with van der Waals surface area (Å²) in [6, 6.07) is 0. The average molecular weight is 256 g/mol. The second-order valence-electron chi connectivity index (χ2n) is 2.62. The lowest BCUT2D eigenvalue weighted by molar-refractivity contribution is 0.0385. The van der Waals surface area contributed by atoms with Crippen molar-refractivity contribution in [1.82, 2.24) is 0 Å². The van der Waals surface area contributed by atoms with Crippen LogP contribution in [0.15, 0.2) is 0 Å². The molecule has 0 fully saturated rings. The normalized spacial score (nSPS) is 8.82. The van der Waals surface area contributed by atoms with E-state index < -0.39 is 0 Å². The zero-order valence-electron chi connectivity index (χ0n) is 11.5. The maximum atomic E-state index is 7.62. The van der Waals surface area contributed by atoms with Gasteiger partial charge in [-0.3, -0.25) is 0 Å². The van der Waals surface area contributed by atoms with E-state index in [0.717, 1.165) is 6.61 Å². The van der Waals surface area contributed by atoms with E-state index >= 15 is 0 Å². The smallest absolute Gasteiger partial charge is 0.0701 e. The third kappa shape index (κ3) is 49.6. The van der Waals surface area contributed by atoms with Crippen molar-refractivity contribution in [2.24, 2.45) is 0 Å². The van der Waals surface area contributed by atoms with Gasteiger partial charge in [0, 0.05) is 27.9 Å². The van der Waals surface area contributed by atoms with Crippen molar-refractivity contribution in [3.05, 3.63) is 0 Å². The molecule has 0 aromatic carbocycles. The van der Waals surface area contributed by atoms with Gasteiger partial charge in [0.1, 0.15) is 0 Å². The summed E-state index contributed by atoms with van der Waals surface area (Å²) in [6.07, 6.45) is 0. The molecule has 0 unspecified atom stereocenters. The van der Waals surface area contributed by atoms with E-state index in [2.05, 4.69) is 4.74 Å². The van der Waals surface area contributed by atoms with E-state index in [1.54, 1.807) is 21.3 Å². The SMILES string of the molecule is CCOC.COCCOCCOC.OCCO.